The van der Waals surface area contributed by atoms with Crippen molar-refractivity contribution in [2.45, 2.75) is 25.0 Å². The van der Waals surface area contributed by atoms with E-state index in [1.54, 1.807) is 11.8 Å². The smallest absolute Gasteiger partial charge is 0.223 e. The second-order valence-corrected chi connectivity index (χ2v) is 5.61. The van der Waals surface area contributed by atoms with Crippen molar-refractivity contribution in [3.63, 3.8) is 0 Å². The van der Waals surface area contributed by atoms with Gasteiger partial charge >= 0.3 is 0 Å². The lowest BCUT2D eigenvalue weighted by Gasteiger charge is -2.26. The Labute approximate surface area is 111 Å². The quantitative estimate of drug-likeness (QED) is 0.833. The summed E-state index contributed by atoms with van der Waals surface area (Å²) in [6.07, 6.45) is 2.92. The second-order valence-electron chi connectivity index (χ2n) is 4.22. The van der Waals surface area contributed by atoms with Gasteiger partial charge in [-0.25, -0.2) is 0 Å². The molecule has 1 saturated heterocycles. The van der Waals surface area contributed by atoms with Crippen molar-refractivity contribution in [2.75, 3.05) is 12.4 Å². The third kappa shape index (κ3) is 3.93. The lowest BCUT2D eigenvalue weighted by Crippen LogP contribution is -2.34. The maximum atomic E-state index is 11.6. The first-order valence-corrected chi connectivity index (χ1v) is 7.39. The molecule has 1 amide bonds. The molecule has 1 aromatic carbocycles. The maximum absolute atomic E-state index is 11.6. The minimum absolute atomic E-state index is 0.305. The van der Waals surface area contributed by atoms with E-state index in [0.717, 1.165) is 42.5 Å². The van der Waals surface area contributed by atoms with E-state index in [9.17, 15) is 4.79 Å². The van der Waals surface area contributed by atoms with Gasteiger partial charge < -0.3 is 4.90 Å². The number of nitrogens with zero attached hydrogens (tertiary/aromatic N) is 1. The number of likely N-dealkylation sites (tertiary alicyclic amines) is 1. The third-order valence-electron chi connectivity index (χ3n) is 2.85. The highest BCUT2D eigenvalue weighted by Crippen LogP contribution is 2.19. The number of halogens is 1. The summed E-state index contributed by atoms with van der Waals surface area (Å²) in [5, 5.41) is 0.768. The Bertz CT molecular complexity index is 380. The van der Waals surface area contributed by atoms with Crippen LogP contribution < -0.4 is 0 Å². The van der Waals surface area contributed by atoms with Crippen molar-refractivity contribution in [3.8, 4) is 0 Å². The molecule has 2 rings (SSSR count). The number of carbonyl (C=O) groups is 1. The number of rotatable bonds is 4. The molecule has 92 valence electrons. The highest BCUT2D eigenvalue weighted by atomic mass is 35.5. The third-order valence-corrected chi connectivity index (χ3v) is 4.13. The Morgan fingerprint density at radius 1 is 1.24 bits per heavy atom. The minimum Gasteiger partial charge on any atom is -0.333 e. The maximum Gasteiger partial charge on any atom is 0.223 e. The van der Waals surface area contributed by atoms with Gasteiger partial charge in [0.15, 0.2) is 0 Å². The number of thioether (sulfide) groups is 1. The molecule has 0 aliphatic carbocycles. The number of hydrogen-bond acceptors (Lipinski definition) is 2. The van der Waals surface area contributed by atoms with Crippen molar-refractivity contribution in [1.82, 2.24) is 4.90 Å². The molecule has 0 spiro atoms. The molecule has 1 aromatic rings. The summed E-state index contributed by atoms with van der Waals surface area (Å²) in [7, 11) is 0. The van der Waals surface area contributed by atoms with Gasteiger partial charge in [0.2, 0.25) is 5.91 Å². The van der Waals surface area contributed by atoms with Crippen molar-refractivity contribution in [1.29, 1.82) is 0 Å². The molecule has 1 aliphatic rings. The molecule has 4 heteroatoms. The molecule has 0 aromatic heterocycles. The van der Waals surface area contributed by atoms with E-state index in [1.807, 2.05) is 29.2 Å². The minimum atomic E-state index is 0.305. The Morgan fingerprint density at radius 3 is 2.71 bits per heavy atom. The normalized spacial score (nSPS) is 16.3. The molecule has 17 heavy (non-hydrogen) atoms. The van der Waals surface area contributed by atoms with Gasteiger partial charge in [0, 0.05) is 23.7 Å². The van der Waals surface area contributed by atoms with Gasteiger partial charge in [-0.3, -0.25) is 4.79 Å². The molecule has 0 radical (unpaired) electrons. The molecule has 1 aliphatic heterocycles. The molecule has 2 nitrogen and oxygen atoms in total. The van der Waals surface area contributed by atoms with E-state index in [1.165, 1.54) is 5.56 Å². The van der Waals surface area contributed by atoms with E-state index in [2.05, 4.69) is 0 Å². The Kier molecular flexibility index (Phi) is 4.75. The largest absolute Gasteiger partial charge is 0.333 e. The summed E-state index contributed by atoms with van der Waals surface area (Å²) in [6.45, 7) is 0.923. The highest BCUT2D eigenvalue weighted by Gasteiger charge is 2.17. The van der Waals surface area contributed by atoms with Crippen LogP contribution in [0.25, 0.3) is 0 Å². The summed E-state index contributed by atoms with van der Waals surface area (Å²) in [5.74, 6) is 2.04. The predicted octanol–water partition coefficient (Wildman–Crippen LogP) is 3.54. The van der Waals surface area contributed by atoms with Crippen LogP contribution in [0.4, 0.5) is 0 Å². The summed E-state index contributed by atoms with van der Waals surface area (Å²) in [6, 6.07) is 7.88. The number of hydrogen-bond donors (Lipinski definition) is 0. The van der Waals surface area contributed by atoms with Crippen LogP contribution in [0.3, 0.4) is 0 Å². The molecule has 0 N–H and O–H groups in total. The van der Waals surface area contributed by atoms with Gasteiger partial charge in [0.25, 0.3) is 0 Å². The molecule has 0 unspecified atom stereocenters. The summed E-state index contributed by atoms with van der Waals surface area (Å²) < 4.78 is 0. The molecule has 0 saturated carbocycles. The van der Waals surface area contributed by atoms with Crippen LogP contribution >= 0.6 is 23.4 Å². The van der Waals surface area contributed by atoms with Crippen molar-refractivity contribution >= 4 is 29.3 Å². The van der Waals surface area contributed by atoms with Gasteiger partial charge in [0.1, 0.15) is 0 Å². The zero-order valence-electron chi connectivity index (χ0n) is 9.69. The Balaban J connectivity index is 1.75. The molecular weight excluding hydrogens is 254 g/mol. The number of benzene rings is 1. The van der Waals surface area contributed by atoms with Crippen LogP contribution in [0, 0.1) is 0 Å². The first-order chi connectivity index (χ1) is 8.25. The van der Waals surface area contributed by atoms with Crippen LogP contribution in [-0.4, -0.2) is 23.2 Å². The summed E-state index contributed by atoms with van der Waals surface area (Å²) >= 11 is 7.61. The van der Waals surface area contributed by atoms with Gasteiger partial charge in [-0.15, -0.1) is 11.8 Å². The fraction of sp³-hybridized carbons (Fsp3) is 0.462. The lowest BCUT2D eigenvalue weighted by atomic mass is 10.1. The van der Waals surface area contributed by atoms with Crippen molar-refractivity contribution in [2.24, 2.45) is 0 Å². The van der Waals surface area contributed by atoms with Gasteiger partial charge in [0.05, 0.1) is 5.88 Å². The van der Waals surface area contributed by atoms with E-state index < -0.39 is 0 Å². The van der Waals surface area contributed by atoms with E-state index >= 15 is 0 Å². The van der Waals surface area contributed by atoms with Crippen molar-refractivity contribution < 1.29 is 4.79 Å². The summed E-state index contributed by atoms with van der Waals surface area (Å²) in [4.78, 5) is 13.5. The number of carbonyl (C=O) groups excluding carboxylic acids is 1. The summed E-state index contributed by atoms with van der Waals surface area (Å²) in [5.41, 5.74) is 1.25. The highest BCUT2D eigenvalue weighted by molar-refractivity contribution is 7.98. The van der Waals surface area contributed by atoms with Crippen LogP contribution in [0.2, 0.25) is 5.02 Å². The Morgan fingerprint density at radius 2 is 2.00 bits per heavy atom. The second kappa shape index (κ2) is 6.31. The average molecular weight is 270 g/mol. The first-order valence-electron chi connectivity index (χ1n) is 5.85. The van der Waals surface area contributed by atoms with E-state index in [-0.39, 0.29) is 0 Å². The molecule has 0 atom stereocenters. The van der Waals surface area contributed by atoms with Crippen LogP contribution in [0.1, 0.15) is 24.8 Å². The van der Waals surface area contributed by atoms with E-state index in [4.69, 9.17) is 11.6 Å². The zero-order valence-corrected chi connectivity index (χ0v) is 11.3. The lowest BCUT2D eigenvalue weighted by molar-refractivity contribution is -0.132. The molecule has 1 fully saturated rings. The Hall–Kier alpha value is -0.670. The molecular formula is C13H16ClNOS. The standard InChI is InChI=1S/C13H16ClNOS/c14-12-6-4-11(5-7-12)9-17-10-15-8-2-1-3-13(15)16/h4-7H,1-3,8-10H2. The van der Waals surface area contributed by atoms with Crippen LogP contribution in [0.15, 0.2) is 24.3 Å². The monoisotopic (exact) mass is 269 g/mol. The number of amides is 1. The predicted molar refractivity (Wildman–Crippen MR) is 73.2 cm³/mol. The van der Waals surface area contributed by atoms with Crippen LogP contribution in [-0.2, 0) is 10.5 Å². The van der Waals surface area contributed by atoms with Gasteiger partial charge in [-0.1, -0.05) is 23.7 Å². The first kappa shape index (κ1) is 12.8. The molecule has 1 heterocycles. The fourth-order valence-electron chi connectivity index (χ4n) is 1.85. The topological polar surface area (TPSA) is 20.3 Å². The zero-order chi connectivity index (χ0) is 12.1. The van der Waals surface area contributed by atoms with Gasteiger partial charge in [-0.2, -0.15) is 0 Å². The average Bonchev–Trinajstić information content (AvgIpc) is 2.34. The van der Waals surface area contributed by atoms with E-state index in [0.29, 0.717) is 5.91 Å². The van der Waals surface area contributed by atoms with Crippen LogP contribution in [0.5, 0.6) is 0 Å². The van der Waals surface area contributed by atoms with Crippen molar-refractivity contribution in [3.05, 3.63) is 34.9 Å². The number of piperidine rings is 1. The van der Waals surface area contributed by atoms with Gasteiger partial charge in [-0.05, 0) is 30.5 Å². The molecule has 0 bridgehead atoms. The SMILES string of the molecule is O=C1CCCCN1CSCc1ccc(Cl)cc1. The fourth-order valence-corrected chi connectivity index (χ4v) is 2.99.